The van der Waals surface area contributed by atoms with Gasteiger partial charge in [0.15, 0.2) is 0 Å². The molecular weight excluding hydrogens is 226 g/mol. The molecule has 0 saturated heterocycles. The zero-order chi connectivity index (χ0) is 10.7. The van der Waals surface area contributed by atoms with Crippen molar-refractivity contribution < 1.29 is 0 Å². The summed E-state index contributed by atoms with van der Waals surface area (Å²) >= 11 is 7.57. The summed E-state index contributed by atoms with van der Waals surface area (Å²) in [5, 5.41) is 0. The summed E-state index contributed by atoms with van der Waals surface area (Å²) in [7, 11) is 0. The minimum Gasteiger partial charge on any atom is -0.327 e. The molecule has 1 aliphatic rings. The van der Waals surface area contributed by atoms with E-state index in [0.717, 1.165) is 16.7 Å². The van der Waals surface area contributed by atoms with Gasteiger partial charge in [0, 0.05) is 10.9 Å². The number of thiophene rings is 1. The molecule has 1 nitrogen and oxygen atoms in total. The lowest BCUT2D eigenvalue weighted by atomic mass is 9.83. The van der Waals surface area contributed by atoms with E-state index in [1.165, 1.54) is 37.0 Å². The van der Waals surface area contributed by atoms with Crippen molar-refractivity contribution in [3.8, 4) is 0 Å². The van der Waals surface area contributed by atoms with Crippen molar-refractivity contribution in [3.05, 3.63) is 21.3 Å². The fourth-order valence-corrected chi connectivity index (χ4v) is 3.58. The van der Waals surface area contributed by atoms with Gasteiger partial charge in [-0.25, -0.2) is 0 Å². The van der Waals surface area contributed by atoms with Gasteiger partial charge in [0.1, 0.15) is 0 Å². The predicted molar refractivity (Wildman–Crippen MR) is 67.6 cm³/mol. The van der Waals surface area contributed by atoms with E-state index in [4.69, 9.17) is 17.3 Å². The number of nitrogens with two attached hydrogens (primary N) is 1. The highest BCUT2D eigenvalue weighted by atomic mass is 35.5. The maximum Gasteiger partial charge on any atom is 0.0931 e. The van der Waals surface area contributed by atoms with E-state index < -0.39 is 0 Å². The zero-order valence-corrected chi connectivity index (χ0v) is 10.5. The van der Waals surface area contributed by atoms with Gasteiger partial charge in [0.2, 0.25) is 0 Å². The molecule has 1 aliphatic carbocycles. The predicted octanol–water partition coefficient (Wildman–Crippen LogP) is 3.85. The van der Waals surface area contributed by atoms with E-state index >= 15 is 0 Å². The van der Waals surface area contributed by atoms with Crippen LogP contribution in [0, 0.1) is 5.92 Å². The highest BCUT2D eigenvalue weighted by Crippen LogP contribution is 2.29. The third kappa shape index (κ3) is 3.20. The van der Waals surface area contributed by atoms with Crippen LogP contribution in [-0.4, -0.2) is 6.04 Å². The Morgan fingerprint density at radius 1 is 1.33 bits per heavy atom. The molecule has 1 unspecified atom stereocenters. The number of halogens is 1. The summed E-state index contributed by atoms with van der Waals surface area (Å²) in [6.07, 6.45) is 7.77. The van der Waals surface area contributed by atoms with E-state index in [0.29, 0.717) is 6.04 Å². The van der Waals surface area contributed by atoms with Crippen molar-refractivity contribution in [1.29, 1.82) is 0 Å². The SMILES string of the molecule is NC(Cc1ccc(Cl)s1)C1CCCCC1. The van der Waals surface area contributed by atoms with E-state index in [2.05, 4.69) is 6.07 Å². The molecule has 15 heavy (non-hydrogen) atoms. The molecule has 0 bridgehead atoms. The average molecular weight is 244 g/mol. The molecule has 0 aromatic carbocycles. The van der Waals surface area contributed by atoms with Gasteiger partial charge in [0.05, 0.1) is 4.34 Å². The minimum absolute atomic E-state index is 0.333. The van der Waals surface area contributed by atoms with Gasteiger partial charge in [0.25, 0.3) is 0 Å². The largest absolute Gasteiger partial charge is 0.327 e. The molecule has 0 aliphatic heterocycles. The standard InChI is InChI=1S/C12H18ClNS/c13-12-7-6-10(15-12)8-11(14)9-4-2-1-3-5-9/h6-7,9,11H,1-5,8,14H2. The van der Waals surface area contributed by atoms with Crippen LogP contribution in [-0.2, 0) is 6.42 Å². The second-order valence-electron chi connectivity index (χ2n) is 4.47. The molecule has 1 aromatic rings. The smallest absolute Gasteiger partial charge is 0.0931 e. The van der Waals surface area contributed by atoms with Crippen molar-refractivity contribution in [2.75, 3.05) is 0 Å². The Labute approximate surface area is 101 Å². The lowest BCUT2D eigenvalue weighted by Gasteiger charge is -2.27. The molecular formula is C12H18ClNS. The molecule has 1 heterocycles. The van der Waals surface area contributed by atoms with Crippen LogP contribution in [0.3, 0.4) is 0 Å². The minimum atomic E-state index is 0.333. The molecule has 2 rings (SSSR count). The highest BCUT2D eigenvalue weighted by molar-refractivity contribution is 7.16. The molecule has 1 fully saturated rings. The Kier molecular flexibility index (Phi) is 4.06. The van der Waals surface area contributed by atoms with Gasteiger partial charge < -0.3 is 5.73 Å². The van der Waals surface area contributed by atoms with Crippen molar-refractivity contribution in [1.82, 2.24) is 0 Å². The molecule has 1 aromatic heterocycles. The summed E-state index contributed by atoms with van der Waals surface area (Å²) in [4.78, 5) is 1.33. The van der Waals surface area contributed by atoms with Crippen LogP contribution in [0.2, 0.25) is 4.34 Å². The zero-order valence-electron chi connectivity index (χ0n) is 8.92. The Bertz CT molecular complexity index is 304. The van der Waals surface area contributed by atoms with E-state index in [1.54, 1.807) is 11.3 Å². The van der Waals surface area contributed by atoms with Gasteiger partial charge in [-0.1, -0.05) is 30.9 Å². The Balaban J connectivity index is 1.88. The third-order valence-corrected chi connectivity index (χ3v) is 4.57. The van der Waals surface area contributed by atoms with Crippen LogP contribution >= 0.6 is 22.9 Å². The Hall–Kier alpha value is -0.0500. The van der Waals surface area contributed by atoms with Crippen molar-refractivity contribution in [2.45, 2.75) is 44.6 Å². The fraction of sp³-hybridized carbons (Fsp3) is 0.667. The molecule has 84 valence electrons. The van der Waals surface area contributed by atoms with Crippen LogP contribution < -0.4 is 5.73 Å². The molecule has 2 N–H and O–H groups in total. The molecule has 3 heteroatoms. The van der Waals surface area contributed by atoms with Crippen LogP contribution in [0.15, 0.2) is 12.1 Å². The summed E-state index contributed by atoms with van der Waals surface area (Å²) in [6, 6.07) is 4.41. The first-order valence-electron chi connectivity index (χ1n) is 5.75. The van der Waals surface area contributed by atoms with Gasteiger partial charge >= 0.3 is 0 Å². The van der Waals surface area contributed by atoms with Gasteiger partial charge in [-0.2, -0.15) is 0 Å². The van der Waals surface area contributed by atoms with Crippen LogP contribution in [0.25, 0.3) is 0 Å². The van der Waals surface area contributed by atoms with Crippen molar-refractivity contribution in [2.24, 2.45) is 11.7 Å². The van der Waals surface area contributed by atoms with Crippen molar-refractivity contribution >= 4 is 22.9 Å². The number of hydrogen-bond acceptors (Lipinski definition) is 2. The summed E-state index contributed by atoms with van der Waals surface area (Å²) in [5.74, 6) is 0.736. The third-order valence-electron chi connectivity index (χ3n) is 3.32. The van der Waals surface area contributed by atoms with Crippen LogP contribution in [0.5, 0.6) is 0 Å². The van der Waals surface area contributed by atoms with E-state index in [1.807, 2.05) is 6.07 Å². The Morgan fingerprint density at radius 2 is 2.07 bits per heavy atom. The monoisotopic (exact) mass is 243 g/mol. The molecule has 0 radical (unpaired) electrons. The lowest BCUT2D eigenvalue weighted by Crippen LogP contribution is -2.33. The van der Waals surface area contributed by atoms with Crippen molar-refractivity contribution in [3.63, 3.8) is 0 Å². The normalized spacial score (nSPS) is 20.4. The first-order chi connectivity index (χ1) is 7.25. The number of rotatable bonds is 3. The van der Waals surface area contributed by atoms with Crippen LogP contribution in [0.1, 0.15) is 37.0 Å². The van der Waals surface area contributed by atoms with E-state index in [-0.39, 0.29) is 0 Å². The summed E-state index contributed by atoms with van der Waals surface area (Å²) < 4.78 is 0.876. The maximum atomic E-state index is 6.25. The lowest BCUT2D eigenvalue weighted by molar-refractivity contribution is 0.304. The highest BCUT2D eigenvalue weighted by Gasteiger charge is 2.20. The summed E-state index contributed by atoms with van der Waals surface area (Å²) in [6.45, 7) is 0. The summed E-state index contributed by atoms with van der Waals surface area (Å²) in [5.41, 5.74) is 6.25. The quantitative estimate of drug-likeness (QED) is 0.858. The number of hydrogen-bond donors (Lipinski definition) is 1. The first kappa shape index (κ1) is 11.4. The van der Waals surface area contributed by atoms with Gasteiger partial charge in [-0.15, -0.1) is 11.3 Å². The maximum absolute atomic E-state index is 6.25. The second kappa shape index (κ2) is 5.33. The Morgan fingerprint density at radius 3 is 2.67 bits per heavy atom. The first-order valence-corrected chi connectivity index (χ1v) is 6.95. The van der Waals surface area contributed by atoms with Crippen LogP contribution in [0.4, 0.5) is 0 Å². The molecule has 0 amide bonds. The average Bonchev–Trinajstić information content (AvgIpc) is 2.65. The topological polar surface area (TPSA) is 26.0 Å². The second-order valence-corrected chi connectivity index (χ2v) is 6.27. The fourth-order valence-electron chi connectivity index (χ4n) is 2.42. The van der Waals surface area contributed by atoms with Gasteiger partial charge in [-0.05, 0) is 37.3 Å². The molecule has 1 atom stereocenters. The van der Waals surface area contributed by atoms with E-state index in [9.17, 15) is 0 Å². The molecule has 0 spiro atoms. The van der Waals surface area contributed by atoms with Gasteiger partial charge in [-0.3, -0.25) is 0 Å². The molecule has 1 saturated carbocycles.